The van der Waals surface area contributed by atoms with Gasteiger partial charge in [0.15, 0.2) is 0 Å². The molecule has 1 aromatic carbocycles. The summed E-state index contributed by atoms with van der Waals surface area (Å²) in [7, 11) is -3.82. The van der Waals surface area contributed by atoms with E-state index >= 15 is 0 Å². The van der Waals surface area contributed by atoms with Crippen LogP contribution in [-0.4, -0.2) is 19.3 Å². The smallest absolute Gasteiger partial charge is 0.238 e. The minimum absolute atomic E-state index is 0.0521. The number of carbonyl (C=O) groups is 1. The fourth-order valence-electron chi connectivity index (χ4n) is 2.39. The van der Waals surface area contributed by atoms with Crippen LogP contribution in [0.2, 0.25) is 0 Å². The number of hydrogen-bond acceptors (Lipinski definition) is 4. The Hall–Kier alpha value is -2.25. The summed E-state index contributed by atoms with van der Waals surface area (Å²) in [6, 6.07) is 10.4. The van der Waals surface area contributed by atoms with Crippen LogP contribution in [-0.2, 0) is 27.7 Å². The van der Waals surface area contributed by atoms with Crippen LogP contribution in [0.5, 0.6) is 0 Å². The number of aryl methyl sites for hydroxylation is 2. The van der Waals surface area contributed by atoms with Crippen molar-refractivity contribution in [3.63, 3.8) is 0 Å². The first-order chi connectivity index (χ1) is 11.4. The fourth-order valence-corrected chi connectivity index (χ4v) is 3.26. The Kier molecular flexibility index (Phi) is 6.05. The van der Waals surface area contributed by atoms with Gasteiger partial charge in [-0.25, -0.2) is 13.6 Å². The molecule has 0 radical (unpaired) electrons. The molecule has 1 amide bonds. The van der Waals surface area contributed by atoms with Crippen LogP contribution in [0.1, 0.15) is 31.0 Å². The summed E-state index contributed by atoms with van der Waals surface area (Å²) in [6.07, 6.45) is 3.98. The van der Waals surface area contributed by atoms with Crippen molar-refractivity contribution < 1.29 is 13.2 Å². The van der Waals surface area contributed by atoms with Gasteiger partial charge in [-0.05, 0) is 49.1 Å². The summed E-state index contributed by atoms with van der Waals surface area (Å²) in [5.41, 5.74) is 2.00. The average molecular weight is 347 g/mol. The Morgan fingerprint density at radius 3 is 2.67 bits per heavy atom. The Morgan fingerprint density at radius 2 is 2.04 bits per heavy atom. The van der Waals surface area contributed by atoms with Crippen molar-refractivity contribution in [3.8, 4) is 0 Å². The Morgan fingerprint density at radius 1 is 1.25 bits per heavy atom. The molecule has 3 N–H and O–H groups in total. The SMILES string of the molecule is CCc1ccc(NC(=O)CCCc2ccccn2)cc1S(N)(=O)=O. The first-order valence-electron chi connectivity index (χ1n) is 7.75. The lowest BCUT2D eigenvalue weighted by atomic mass is 10.1. The molecule has 0 saturated carbocycles. The second-order valence-corrected chi connectivity index (χ2v) is 6.97. The highest BCUT2D eigenvalue weighted by Crippen LogP contribution is 2.20. The normalized spacial score (nSPS) is 11.2. The van der Waals surface area contributed by atoms with Crippen molar-refractivity contribution in [3.05, 3.63) is 53.9 Å². The lowest BCUT2D eigenvalue weighted by molar-refractivity contribution is -0.116. The number of rotatable bonds is 7. The molecule has 7 heteroatoms. The number of benzene rings is 1. The third-order valence-electron chi connectivity index (χ3n) is 3.60. The number of carbonyl (C=O) groups excluding carboxylic acids is 1. The number of sulfonamides is 1. The quantitative estimate of drug-likeness (QED) is 0.802. The fraction of sp³-hybridized carbons (Fsp3) is 0.294. The molecular weight excluding hydrogens is 326 g/mol. The van der Waals surface area contributed by atoms with Crippen molar-refractivity contribution >= 4 is 21.6 Å². The number of anilines is 1. The van der Waals surface area contributed by atoms with E-state index in [0.29, 0.717) is 36.9 Å². The number of hydrogen-bond donors (Lipinski definition) is 2. The molecule has 0 aliphatic heterocycles. The minimum atomic E-state index is -3.82. The molecule has 0 fully saturated rings. The summed E-state index contributed by atoms with van der Waals surface area (Å²) in [4.78, 5) is 16.3. The lowest BCUT2D eigenvalue weighted by Crippen LogP contribution is -2.16. The maximum absolute atomic E-state index is 12.0. The molecule has 0 saturated heterocycles. The first-order valence-corrected chi connectivity index (χ1v) is 9.30. The van der Waals surface area contributed by atoms with Gasteiger partial charge in [-0.3, -0.25) is 9.78 Å². The highest BCUT2D eigenvalue weighted by molar-refractivity contribution is 7.89. The zero-order chi connectivity index (χ0) is 17.6. The summed E-state index contributed by atoms with van der Waals surface area (Å²) < 4.78 is 23.3. The molecule has 0 aliphatic carbocycles. The molecule has 0 bridgehead atoms. The third-order valence-corrected chi connectivity index (χ3v) is 4.59. The van der Waals surface area contributed by atoms with E-state index in [1.54, 1.807) is 18.3 Å². The molecule has 0 atom stereocenters. The first kappa shape index (κ1) is 18.1. The number of nitrogens with one attached hydrogen (secondary N) is 1. The minimum Gasteiger partial charge on any atom is -0.326 e. The third kappa shape index (κ3) is 5.14. The predicted molar refractivity (Wildman–Crippen MR) is 93.0 cm³/mol. The van der Waals surface area contributed by atoms with Crippen LogP contribution in [0.15, 0.2) is 47.5 Å². The van der Waals surface area contributed by atoms with Crippen molar-refractivity contribution in [1.29, 1.82) is 0 Å². The highest BCUT2D eigenvalue weighted by atomic mass is 32.2. The zero-order valence-corrected chi connectivity index (χ0v) is 14.3. The van der Waals surface area contributed by atoms with Crippen molar-refractivity contribution in [2.24, 2.45) is 5.14 Å². The summed E-state index contributed by atoms with van der Waals surface area (Å²) in [5.74, 6) is -0.171. The van der Waals surface area contributed by atoms with Gasteiger partial charge in [0.25, 0.3) is 0 Å². The van der Waals surface area contributed by atoms with E-state index in [4.69, 9.17) is 5.14 Å². The second kappa shape index (κ2) is 8.03. The summed E-state index contributed by atoms with van der Waals surface area (Å²) in [5, 5.41) is 7.94. The lowest BCUT2D eigenvalue weighted by Gasteiger charge is -2.10. The molecule has 0 aliphatic rings. The molecule has 1 aromatic heterocycles. The average Bonchev–Trinajstić information content (AvgIpc) is 2.55. The predicted octanol–water partition coefficient (Wildman–Crippen LogP) is 2.25. The highest BCUT2D eigenvalue weighted by Gasteiger charge is 2.14. The Labute approximate surface area is 142 Å². The van der Waals surface area contributed by atoms with Crippen LogP contribution in [0, 0.1) is 0 Å². The Bertz CT molecular complexity index is 805. The van der Waals surface area contributed by atoms with E-state index < -0.39 is 10.0 Å². The molecule has 24 heavy (non-hydrogen) atoms. The largest absolute Gasteiger partial charge is 0.326 e. The molecule has 2 rings (SSSR count). The molecule has 6 nitrogen and oxygen atoms in total. The standard InChI is InChI=1S/C17H21N3O3S/c1-2-13-9-10-15(12-16(13)24(18,22)23)20-17(21)8-5-7-14-6-3-4-11-19-14/h3-4,6,9-12H,2,5,7-8H2,1H3,(H,20,21)(H2,18,22,23). The van der Waals surface area contributed by atoms with Gasteiger partial charge >= 0.3 is 0 Å². The second-order valence-electron chi connectivity index (χ2n) is 5.44. The molecule has 2 aromatic rings. The number of aromatic nitrogens is 1. The number of nitrogens with zero attached hydrogens (tertiary/aromatic N) is 1. The molecular formula is C17H21N3O3S. The van der Waals surface area contributed by atoms with Crippen LogP contribution >= 0.6 is 0 Å². The van der Waals surface area contributed by atoms with Gasteiger partial charge in [0.2, 0.25) is 15.9 Å². The van der Waals surface area contributed by atoms with Crippen LogP contribution in [0.3, 0.4) is 0 Å². The zero-order valence-electron chi connectivity index (χ0n) is 13.5. The number of pyridine rings is 1. The molecule has 0 spiro atoms. The van der Waals surface area contributed by atoms with Gasteiger partial charge in [0, 0.05) is 24.0 Å². The van der Waals surface area contributed by atoms with Gasteiger partial charge in [-0.15, -0.1) is 0 Å². The van der Waals surface area contributed by atoms with Gasteiger partial charge in [-0.1, -0.05) is 19.1 Å². The van der Waals surface area contributed by atoms with E-state index in [1.807, 2.05) is 25.1 Å². The van der Waals surface area contributed by atoms with Crippen molar-refractivity contribution in [2.75, 3.05) is 5.32 Å². The van der Waals surface area contributed by atoms with Crippen LogP contribution in [0.25, 0.3) is 0 Å². The van der Waals surface area contributed by atoms with Crippen LogP contribution < -0.4 is 10.5 Å². The van der Waals surface area contributed by atoms with E-state index in [0.717, 1.165) is 5.69 Å². The number of primary sulfonamides is 1. The van der Waals surface area contributed by atoms with Gasteiger partial charge in [0.1, 0.15) is 0 Å². The molecule has 1 heterocycles. The van der Waals surface area contributed by atoms with E-state index in [1.165, 1.54) is 6.07 Å². The number of nitrogens with two attached hydrogens (primary N) is 1. The monoisotopic (exact) mass is 347 g/mol. The van der Waals surface area contributed by atoms with E-state index in [2.05, 4.69) is 10.3 Å². The molecule has 128 valence electrons. The molecule has 0 unspecified atom stereocenters. The maximum Gasteiger partial charge on any atom is 0.238 e. The maximum atomic E-state index is 12.0. The van der Waals surface area contributed by atoms with Gasteiger partial charge in [0.05, 0.1) is 4.90 Å². The Balaban J connectivity index is 1.96. The van der Waals surface area contributed by atoms with Crippen molar-refractivity contribution in [2.45, 2.75) is 37.5 Å². The van der Waals surface area contributed by atoms with Crippen molar-refractivity contribution in [1.82, 2.24) is 4.98 Å². The van der Waals surface area contributed by atoms with Crippen LogP contribution in [0.4, 0.5) is 5.69 Å². The number of amides is 1. The van der Waals surface area contributed by atoms with Gasteiger partial charge in [-0.2, -0.15) is 0 Å². The summed E-state index contributed by atoms with van der Waals surface area (Å²) >= 11 is 0. The van der Waals surface area contributed by atoms with E-state index in [-0.39, 0.29) is 10.8 Å². The van der Waals surface area contributed by atoms with Gasteiger partial charge < -0.3 is 5.32 Å². The summed E-state index contributed by atoms with van der Waals surface area (Å²) in [6.45, 7) is 1.85. The van der Waals surface area contributed by atoms with E-state index in [9.17, 15) is 13.2 Å². The topological polar surface area (TPSA) is 102 Å².